The van der Waals surface area contributed by atoms with E-state index in [0.29, 0.717) is 0 Å². The quantitative estimate of drug-likeness (QED) is 0.525. The van der Waals surface area contributed by atoms with Crippen LogP contribution >= 0.6 is 0 Å². The van der Waals surface area contributed by atoms with Gasteiger partial charge in [0.25, 0.3) is 0 Å². The summed E-state index contributed by atoms with van der Waals surface area (Å²) >= 11 is 0. The average Bonchev–Trinajstić information content (AvgIpc) is 1.79. The molecule has 2 nitrogen and oxygen atoms in total. The van der Waals surface area contributed by atoms with Gasteiger partial charge in [-0.1, -0.05) is 0 Å². The summed E-state index contributed by atoms with van der Waals surface area (Å²) in [4.78, 5) is 6.03. The fourth-order valence-corrected chi connectivity index (χ4v) is 0.561. The normalized spacial score (nSPS) is 8.56. The lowest BCUT2D eigenvalue weighted by atomic mass is 10.5. The Morgan fingerprint density at radius 2 is 2.00 bits per heavy atom. The van der Waals surface area contributed by atoms with E-state index >= 15 is 0 Å². The van der Waals surface area contributed by atoms with E-state index in [1.54, 1.807) is 0 Å². The molecule has 0 fully saturated rings. The summed E-state index contributed by atoms with van der Waals surface area (Å²) in [7, 11) is 0. The first-order valence-corrected chi connectivity index (χ1v) is 2.90. The molecule has 0 saturated heterocycles. The van der Waals surface area contributed by atoms with E-state index in [1.165, 1.54) is 0 Å². The summed E-state index contributed by atoms with van der Waals surface area (Å²) in [6.07, 6.45) is 5.67. The molecule has 1 aromatic rings. The van der Waals surface area contributed by atoms with Crippen LogP contribution in [-0.2, 0) is 0 Å². The zero-order valence-electron chi connectivity index (χ0n) is 5.39. The summed E-state index contributed by atoms with van der Waals surface area (Å²) in [5.41, 5.74) is 1.11. The molecule has 0 spiro atoms. The van der Waals surface area contributed by atoms with Gasteiger partial charge in [0.2, 0.25) is 0 Å². The molecule has 0 unspecified atom stereocenters. The molecule has 0 amide bonds. The standard InChI is InChI=1S/C7H10N2/c1-7-6-8-4-2-3-5-9-7/h2-6,8-9H,1H3. The number of aromatic amines is 2. The Morgan fingerprint density at radius 3 is 2.89 bits per heavy atom. The van der Waals surface area contributed by atoms with E-state index in [4.69, 9.17) is 0 Å². The highest BCUT2D eigenvalue weighted by Crippen LogP contribution is 1.81. The van der Waals surface area contributed by atoms with Gasteiger partial charge in [0.1, 0.15) is 0 Å². The highest BCUT2D eigenvalue weighted by Gasteiger charge is 1.69. The molecule has 1 aromatic heterocycles. The number of rotatable bonds is 0. The molecule has 48 valence electrons. The summed E-state index contributed by atoms with van der Waals surface area (Å²) in [5, 5.41) is 0. The lowest BCUT2D eigenvalue weighted by molar-refractivity contribution is 1.16. The molecular formula is C7H10N2. The first kappa shape index (κ1) is 5.95. The molecule has 0 aliphatic heterocycles. The molecule has 0 atom stereocenters. The number of aromatic nitrogens is 2. The second-order valence-electron chi connectivity index (χ2n) is 1.86. The molecule has 0 saturated carbocycles. The van der Waals surface area contributed by atoms with Crippen LogP contribution in [0, 0.1) is 6.92 Å². The van der Waals surface area contributed by atoms with Crippen LogP contribution in [0.4, 0.5) is 0 Å². The summed E-state index contributed by atoms with van der Waals surface area (Å²) in [6.45, 7) is 2.00. The van der Waals surface area contributed by atoms with Crippen molar-refractivity contribution in [3.8, 4) is 0 Å². The van der Waals surface area contributed by atoms with Crippen LogP contribution in [0.3, 0.4) is 0 Å². The number of hydrogen-bond acceptors (Lipinski definition) is 0. The number of H-pyrrole nitrogens is 2. The monoisotopic (exact) mass is 122 g/mol. The summed E-state index contributed by atoms with van der Waals surface area (Å²) in [6, 6.07) is 3.86. The summed E-state index contributed by atoms with van der Waals surface area (Å²) < 4.78 is 0. The third-order valence-electron chi connectivity index (χ3n) is 1.01. The van der Waals surface area contributed by atoms with E-state index in [0.717, 1.165) is 5.69 Å². The van der Waals surface area contributed by atoms with Gasteiger partial charge in [0.05, 0.1) is 0 Å². The van der Waals surface area contributed by atoms with Crippen LogP contribution in [0.1, 0.15) is 5.69 Å². The van der Waals surface area contributed by atoms with Crippen LogP contribution in [0.15, 0.2) is 30.7 Å². The highest BCUT2D eigenvalue weighted by molar-refractivity contribution is 4.90. The van der Waals surface area contributed by atoms with Crippen LogP contribution in [-0.4, -0.2) is 9.97 Å². The molecule has 1 heterocycles. The van der Waals surface area contributed by atoms with Crippen molar-refractivity contribution in [2.24, 2.45) is 0 Å². The number of aryl methyl sites for hydroxylation is 1. The fraction of sp³-hybridized carbons (Fsp3) is 0.143. The van der Waals surface area contributed by atoms with Crippen molar-refractivity contribution in [2.75, 3.05) is 0 Å². The lowest BCUT2D eigenvalue weighted by Gasteiger charge is -1.84. The van der Waals surface area contributed by atoms with Gasteiger partial charge in [-0.3, -0.25) is 0 Å². The first-order valence-electron chi connectivity index (χ1n) is 2.90. The van der Waals surface area contributed by atoms with Gasteiger partial charge in [0.15, 0.2) is 0 Å². The molecule has 0 aromatic carbocycles. The Labute approximate surface area is 54.3 Å². The minimum absolute atomic E-state index is 1.11. The molecule has 9 heavy (non-hydrogen) atoms. The van der Waals surface area contributed by atoms with Gasteiger partial charge >= 0.3 is 0 Å². The predicted octanol–water partition coefficient (Wildman–Crippen LogP) is 1.78. The Kier molecular flexibility index (Phi) is 1.96. The van der Waals surface area contributed by atoms with Gasteiger partial charge < -0.3 is 9.97 Å². The molecule has 1 rings (SSSR count). The van der Waals surface area contributed by atoms with Gasteiger partial charge in [-0.25, -0.2) is 0 Å². The Bertz CT molecular complexity index is 189. The van der Waals surface area contributed by atoms with Crippen molar-refractivity contribution in [1.29, 1.82) is 0 Å². The largest absolute Gasteiger partial charge is 0.366 e. The fourth-order valence-electron chi connectivity index (χ4n) is 0.561. The second-order valence-corrected chi connectivity index (χ2v) is 1.86. The summed E-state index contributed by atoms with van der Waals surface area (Å²) in [5.74, 6) is 0. The zero-order valence-corrected chi connectivity index (χ0v) is 5.39. The predicted molar refractivity (Wildman–Crippen MR) is 37.5 cm³/mol. The van der Waals surface area contributed by atoms with E-state index in [1.807, 2.05) is 37.6 Å². The molecule has 0 aliphatic rings. The van der Waals surface area contributed by atoms with Crippen LogP contribution < -0.4 is 0 Å². The maximum atomic E-state index is 3.05. The number of nitrogens with one attached hydrogen (secondary N) is 2. The third kappa shape index (κ3) is 2.04. The van der Waals surface area contributed by atoms with Gasteiger partial charge in [-0.2, -0.15) is 0 Å². The SMILES string of the molecule is Cc1c[nH]cccc[nH]1. The first-order chi connectivity index (χ1) is 4.39. The lowest BCUT2D eigenvalue weighted by Crippen LogP contribution is -1.74. The molecular weight excluding hydrogens is 112 g/mol. The Morgan fingerprint density at radius 1 is 1.22 bits per heavy atom. The van der Waals surface area contributed by atoms with Crippen LogP contribution in [0.2, 0.25) is 0 Å². The van der Waals surface area contributed by atoms with E-state index in [2.05, 4.69) is 9.97 Å². The Hall–Kier alpha value is -1.18. The van der Waals surface area contributed by atoms with Crippen LogP contribution in [0.25, 0.3) is 0 Å². The topological polar surface area (TPSA) is 31.6 Å². The smallest absolute Gasteiger partial charge is 0.0277 e. The molecule has 2 heteroatoms. The minimum Gasteiger partial charge on any atom is -0.366 e. The second kappa shape index (κ2) is 2.97. The highest BCUT2D eigenvalue weighted by atomic mass is 14.7. The van der Waals surface area contributed by atoms with Crippen molar-refractivity contribution in [3.63, 3.8) is 0 Å². The maximum absolute atomic E-state index is 3.05. The van der Waals surface area contributed by atoms with Gasteiger partial charge in [-0.15, -0.1) is 0 Å². The van der Waals surface area contributed by atoms with Crippen molar-refractivity contribution in [1.82, 2.24) is 9.97 Å². The van der Waals surface area contributed by atoms with Gasteiger partial charge in [-0.05, 0) is 19.1 Å². The molecule has 0 aliphatic carbocycles. The van der Waals surface area contributed by atoms with Crippen molar-refractivity contribution < 1.29 is 0 Å². The molecule has 2 N–H and O–H groups in total. The number of hydrogen-bond donors (Lipinski definition) is 2. The maximum Gasteiger partial charge on any atom is 0.0277 e. The Balaban J connectivity index is 3.08. The van der Waals surface area contributed by atoms with Gasteiger partial charge in [0, 0.05) is 24.3 Å². The van der Waals surface area contributed by atoms with Crippen molar-refractivity contribution in [3.05, 3.63) is 36.4 Å². The van der Waals surface area contributed by atoms with E-state index in [-0.39, 0.29) is 0 Å². The van der Waals surface area contributed by atoms with E-state index < -0.39 is 0 Å². The van der Waals surface area contributed by atoms with E-state index in [9.17, 15) is 0 Å². The molecule has 0 radical (unpaired) electrons. The zero-order chi connectivity index (χ0) is 6.53. The average molecular weight is 122 g/mol. The van der Waals surface area contributed by atoms with Crippen molar-refractivity contribution in [2.45, 2.75) is 6.92 Å². The minimum atomic E-state index is 1.11. The molecule has 0 bridgehead atoms. The third-order valence-corrected chi connectivity index (χ3v) is 1.01. The van der Waals surface area contributed by atoms with Crippen molar-refractivity contribution >= 4 is 0 Å². The van der Waals surface area contributed by atoms with Crippen LogP contribution in [0.5, 0.6) is 0 Å².